The number of halogens is 1. The van der Waals surface area contributed by atoms with Crippen LogP contribution in [0.15, 0.2) is 29.3 Å². The second kappa shape index (κ2) is 12.5. The minimum absolute atomic E-state index is 0. The number of carbonyl (C=O) groups excluding carboxylic acids is 2. The Morgan fingerprint density at radius 1 is 1.24 bits per heavy atom. The summed E-state index contributed by atoms with van der Waals surface area (Å²) >= 11 is 0. The molecule has 1 unspecified atom stereocenters. The molecule has 5 N–H and O–H groups in total. The average molecular weight is 463 g/mol. The number of carbonyl (C=O) groups is 2. The van der Waals surface area contributed by atoms with Gasteiger partial charge in [-0.2, -0.15) is 0 Å². The van der Waals surface area contributed by atoms with Crippen LogP contribution in [-0.2, 0) is 16.1 Å². The van der Waals surface area contributed by atoms with Crippen molar-refractivity contribution in [1.82, 2.24) is 16.0 Å². The highest BCUT2D eigenvalue weighted by Crippen LogP contribution is 2.04. The first-order valence-electron chi connectivity index (χ1n) is 7.57. The molecule has 9 heteroatoms. The van der Waals surface area contributed by atoms with Crippen molar-refractivity contribution in [2.75, 3.05) is 27.3 Å². The second-order valence-corrected chi connectivity index (χ2v) is 5.27. The van der Waals surface area contributed by atoms with Crippen LogP contribution in [-0.4, -0.2) is 51.1 Å². The molecule has 0 spiro atoms. The lowest BCUT2D eigenvalue weighted by molar-refractivity contribution is -0.117. The molecule has 0 saturated heterocycles. The van der Waals surface area contributed by atoms with Gasteiger partial charge in [-0.05, 0) is 24.6 Å². The first kappa shape index (κ1) is 23.1. The van der Waals surface area contributed by atoms with Crippen LogP contribution in [0.3, 0.4) is 0 Å². The fourth-order valence-electron chi connectivity index (χ4n) is 1.95. The third kappa shape index (κ3) is 9.25. The molecule has 0 radical (unpaired) electrons. The van der Waals surface area contributed by atoms with Crippen molar-refractivity contribution < 1.29 is 14.3 Å². The quantitative estimate of drug-likeness (QED) is 0.250. The predicted molar refractivity (Wildman–Crippen MR) is 108 cm³/mol. The van der Waals surface area contributed by atoms with Crippen molar-refractivity contribution in [3.05, 3.63) is 35.4 Å². The number of amides is 2. The third-order valence-electron chi connectivity index (χ3n) is 3.12. The van der Waals surface area contributed by atoms with E-state index < -0.39 is 5.91 Å². The van der Waals surface area contributed by atoms with Gasteiger partial charge in [-0.25, -0.2) is 0 Å². The molecule has 0 heterocycles. The molecule has 1 atom stereocenters. The minimum atomic E-state index is -0.578. The molecule has 0 aromatic heterocycles. The Morgan fingerprint density at radius 2 is 1.88 bits per heavy atom. The number of nitrogens with two attached hydrogens (primary N) is 1. The number of hydrogen-bond donors (Lipinski definition) is 4. The molecule has 1 aromatic rings. The molecule has 140 valence electrons. The number of ether oxygens (including phenoxy) is 1. The summed E-state index contributed by atoms with van der Waals surface area (Å²) in [5, 5.41) is 8.83. The zero-order valence-corrected chi connectivity index (χ0v) is 17.0. The normalized spacial score (nSPS) is 11.9. The molecule has 0 saturated carbocycles. The Labute approximate surface area is 165 Å². The number of rotatable bonds is 8. The van der Waals surface area contributed by atoms with Crippen LogP contribution < -0.4 is 21.7 Å². The van der Waals surface area contributed by atoms with E-state index in [2.05, 4.69) is 20.9 Å². The van der Waals surface area contributed by atoms with Crippen molar-refractivity contribution in [3.8, 4) is 0 Å². The fourth-order valence-corrected chi connectivity index (χ4v) is 1.95. The van der Waals surface area contributed by atoms with Crippen molar-refractivity contribution in [1.29, 1.82) is 0 Å². The van der Waals surface area contributed by atoms with Gasteiger partial charge in [0.05, 0.1) is 13.2 Å². The van der Waals surface area contributed by atoms with Crippen molar-refractivity contribution in [3.63, 3.8) is 0 Å². The lowest BCUT2D eigenvalue weighted by Crippen LogP contribution is -2.43. The second-order valence-electron chi connectivity index (χ2n) is 5.27. The van der Waals surface area contributed by atoms with E-state index in [-0.39, 0.29) is 42.5 Å². The predicted octanol–water partition coefficient (Wildman–Crippen LogP) is 0.220. The molecule has 0 aliphatic carbocycles. The van der Waals surface area contributed by atoms with E-state index in [9.17, 15) is 9.59 Å². The van der Waals surface area contributed by atoms with Crippen LogP contribution in [0.4, 0.5) is 0 Å². The lowest BCUT2D eigenvalue weighted by atomic mass is 10.1. The summed E-state index contributed by atoms with van der Waals surface area (Å²) in [5.41, 5.74) is 6.45. The molecule has 0 aliphatic rings. The van der Waals surface area contributed by atoms with Crippen LogP contribution in [0.25, 0.3) is 0 Å². The van der Waals surface area contributed by atoms with E-state index >= 15 is 0 Å². The van der Waals surface area contributed by atoms with Gasteiger partial charge in [-0.3, -0.25) is 14.6 Å². The van der Waals surface area contributed by atoms with Gasteiger partial charge >= 0.3 is 0 Å². The standard InChI is InChI=1S/C16H25N5O3.HI/c1-11(10-24-3)21-16(18-2)20-8-12-4-6-13(7-5-12)15(23)19-9-14(17)22;/h4-7,11H,8-10H2,1-3H3,(H2,17,22)(H,19,23)(H2,18,20,21);1H. The molecule has 25 heavy (non-hydrogen) atoms. The SMILES string of the molecule is CN=C(NCc1ccc(C(=O)NCC(N)=O)cc1)NC(C)COC.I. The molecule has 8 nitrogen and oxygen atoms in total. The van der Waals surface area contributed by atoms with Crippen LogP contribution in [0.2, 0.25) is 0 Å². The lowest BCUT2D eigenvalue weighted by Gasteiger charge is -2.17. The number of hydrogen-bond acceptors (Lipinski definition) is 4. The van der Waals surface area contributed by atoms with E-state index in [0.29, 0.717) is 24.7 Å². The summed E-state index contributed by atoms with van der Waals surface area (Å²) in [6, 6.07) is 7.18. The summed E-state index contributed by atoms with van der Waals surface area (Å²) < 4.78 is 5.07. The monoisotopic (exact) mass is 463 g/mol. The first-order valence-corrected chi connectivity index (χ1v) is 7.57. The van der Waals surface area contributed by atoms with Crippen LogP contribution >= 0.6 is 24.0 Å². The zero-order valence-electron chi connectivity index (χ0n) is 14.7. The van der Waals surface area contributed by atoms with Gasteiger partial charge in [-0.15, -0.1) is 24.0 Å². The number of methoxy groups -OCH3 is 1. The largest absolute Gasteiger partial charge is 0.383 e. The molecule has 0 bridgehead atoms. The Balaban J connectivity index is 0.00000576. The number of aliphatic imine (C=N–C) groups is 1. The van der Waals surface area contributed by atoms with Crippen molar-refractivity contribution >= 4 is 41.8 Å². The first-order chi connectivity index (χ1) is 11.5. The summed E-state index contributed by atoms with van der Waals surface area (Å²) in [4.78, 5) is 26.6. The number of guanidine groups is 1. The minimum Gasteiger partial charge on any atom is -0.383 e. The number of primary amides is 1. The molecule has 1 aromatic carbocycles. The van der Waals surface area contributed by atoms with E-state index in [4.69, 9.17) is 10.5 Å². The van der Waals surface area contributed by atoms with Gasteiger partial charge in [0.1, 0.15) is 0 Å². The maximum absolute atomic E-state index is 11.8. The van der Waals surface area contributed by atoms with Gasteiger partial charge in [0, 0.05) is 32.3 Å². The molecular formula is C16H26IN5O3. The van der Waals surface area contributed by atoms with Gasteiger partial charge in [0.15, 0.2) is 5.96 Å². The van der Waals surface area contributed by atoms with E-state index in [0.717, 1.165) is 5.56 Å². The van der Waals surface area contributed by atoms with Crippen molar-refractivity contribution in [2.24, 2.45) is 10.7 Å². The third-order valence-corrected chi connectivity index (χ3v) is 3.12. The molecule has 1 rings (SSSR count). The van der Waals surface area contributed by atoms with E-state index in [1.165, 1.54) is 0 Å². The van der Waals surface area contributed by atoms with Gasteiger partial charge in [0.2, 0.25) is 5.91 Å². The number of nitrogens with zero attached hydrogens (tertiary/aromatic N) is 1. The van der Waals surface area contributed by atoms with E-state index in [1.807, 2.05) is 19.1 Å². The zero-order chi connectivity index (χ0) is 17.9. The Bertz CT molecular complexity index is 578. The maximum Gasteiger partial charge on any atom is 0.251 e. The van der Waals surface area contributed by atoms with Crippen LogP contribution in [0, 0.1) is 0 Å². The number of benzene rings is 1. The average Bonchev–Trinajstić information content (AvgIpc) is 2.57. The van der Waals surface area contributed by atoms with Crippen LogP contribution in [0.1, 0.15) is 22.8 Å². The highest BCUT2D eigenvalue weighted by Gasteiger charge is 2.07. The molecule has 2 amide bonds. The summed E-state index contributed by atoms with van der Waals surface area (Å²) in [5.74, 6) is -0.243. The highest BCUT2D eigenvalue weighted by molar-refractivity contribution is 14.0. The molecule has 0 fully saturated rings. The Kier molecular flexibility index (Phi) is 11.5. The summed E-state index contributed by atoms with van der Waals surface area (Å²) in [6.45, 7) is 2.96. The fraction of sp³-hybridized carbons (Fsp3) is 0.438. The highest BCUT2D eigenvalue weighted by atomic mass is 127. The number of nitrogens with one attached hydrogen (secondary N) is 3. The maximum atomic E-state index is 11.8. The Morgan fingerprint density at radius 3 is 2.40 bits per heavy atom. The smallest absolute Gasteiger partial charge is 0.251 e. The summed E-state index contributed by atoms with van der Waals surface area (Å²) in [7, 11) is 3.34. The molecular weight excluding hydrogens is 437 g/mol. The van der Waals surface area contributed by atoms with E-state index in [1.54, 1.807) is 26.3 Å². The van der Waals surface area contributed by atoms with Gasteiger partial charge < -0.3 is 26.4 Å². The van der Waals surface area contributed by atoms with Gasteiger partial charge in [-0.1, -0.05) is 12.1 Å². The summed E-state index contributed by atoms with van der Waals surface area (Å²) in [6.07, 6.45) is 0. The van der Waals surface area contributed by atoms with Crippen LogP contribution in [0.5, 0.6) is 0 Å². The topological polar surface area (TPSA) is 118 Å². The molecule has 0 aliphatic heterocycles. The van der Waals surface area contributed by atoms with Crippen molar-refractivity contribution in [2.45, 2.75) is 19.5 Å². The Hall–Kier alpha value is -1.88. The van der Waals surface area contributed by atoms with Gasteiger partial charge in [0.25, 0.3) is 5.91 Å².